The van der Waals surface area contributed by atoms with Gasteiger partial charge in [-0.15, -0.1) is 11.3 Å². The highest BCUT2D eigenvalue weighted by Gasteiger charge is 2.14. The zero-order valence-corrected chi connectivity index (χ0v) is 14.0. The van der Waals surface area contributed by atoms with E-state index in [1.54, 1.807) is 11.3 Å². The molecule has 0 fully saturated rings. The standard InChI is InChI=1S/C17H25N3S/c1-4-11-20(5-2)17-19-15(13-21-17)12-16(18-3)14-9-7-6-8-10-14/h6-10,13,16,18H,4-5,11-12H2,1-3H3. The van der Waals surface area contributed by atoms with E-state index in [-0.39, 0.29) is 0 Å². The highest BCUT2D eigenvalue weighted by molar-refractivity contribution is 7.13. The summed E-state index contributed by atoms with van der Waals surface area (Å²) >= 11 is 1.76. The molecule has 4 heteroatoms. The molecule has 0 aliphatic rings. The summed E-state index contributed by atoms with van der Waals surface area (Å²) in [6.07, 6.45) is 2.09. The Balaban J connectivity index is 2.07. The normalized spacial score (nSPS) is 12.3. The van der Waals surface area contributed by atoms with Crippen LogP contribution >= 0.6 is 11.3 Å². The molecule has 0 saturated heterocycles. The number of hydrogen-bond acceptors (Lipinski definition) is 4. The number of thiazole rings is 1. The second-order valence-corrected chi connectivity index (χ2v) is 5.99. The van der Waals surface area contributed by atoms with Crippen molar-refractivity contribution in [2.45, 2.75) is 32.7 Å². The quantitative estimate of drug-likeness (QED) is 0.802. The maximum Gasteiger partial charge on any atom is 0.185 e. The second-order valence-electron chi connectivity index (χ2n) is 5.16. The molecule has 0 amide bonds. The fourth-order valence-corrected chi connectivity index (χ4v) is 3.41. The van der Waals surface area contributed by atoms with E-state index in [2.05, 4.69) is 59.8 Å². The van der Waals surface area contributed by atoms with E-state index >= 15 is 0 Å². The fraction of sp³-hybridized carbons (Fsp3) is 0.471. The lowest BCUT2D eigenvalue weighted by molar-refractivity contribution is 0.585. The summed E-state index contributed by atoms with van der Waals surface area (Å²) < 4.78 is 0. The highest BCUT2D eigenvalue weighted by Crippen LogP contribution is 2.24. The van der Waals surface area contributed by atoms with Crippen LogP contribution in [-0.4, -0.2) is 25.1 Å². The van der Waals surface area contributed by atoms with E-state index in [1.807, 2.05) is 7.05 Å². The maximum atomic E-state index is 4.82. The monoisotopic (exact) mass is 303 g/mol. The highest BCUT2D eigenvalue weighted by atomic mass is 32.1. The van der Waals surface area contributed by atoms with Crippen LogP contribution in [0.2, 0.25) is 0 Å². The Bertz CT molecular complexity index is 524. The molecule has 0 radical (unpaired) electrons. The minimum atomic E-state index is 0.322. The van der Waals surface area contributed by atoms with Crippen LogP contribution in [0.5, 0.6) is 0 Å². The Morgan fingerprint density at radius 1 is 1.24 bits per heavy atom. The molecule has 0 aliphatic heterocycles. The van der Waals surface area contributed by atoms with E-state index in [1.165, 1.54) is 11.3 Å². The van der Waals surface area contributed by atoms with Crippen molar-refractivity contribution in [3.63, 3.8) is 0 Å². The average Bonchev–Trinajstić information content (AvgIpc) is 2.99. The Kier molecular flexibility index (Phi) is 6.21. The van der Waals surface area contributed by atoms with Crippen molar-refractivity contribution in [2.75, 3.05) is 25.0 Å². The zero-order valence-electron chi connectivity index (χ0n) is 13.2. The molecule has 0 aliphatic carbocycles. The SMILES string of the molecule is CCCN(CC)c1nc(CC(NC)c2ccccc2)cs1. The summed E-state index contributed by atoms with van der Waals surface area (Å²) in [7, 11) is 2.01. The van der Waals surface area contributed by atoms with E-state index in [4.69, 9.17) is 4.98 Å². The van der Waals surface area contributed by atoms with E-state index in [0.717, 1.165) is 31.1 Å². The Morgan fingerprint density at radius 2 is 2.00 bits per heavy atom. The molecule has 21 heavy (non-hydrogen) atoms. The molecule has 0 saturated carbocycles. The summed E-state index contributed by atoms with van der Waals surface area (Å²) in [6, 6.07) is 10.9. The molecule has 1 N–H and O–H groups in total. The van der Waals surface area contributed by atoms with Gasteiger partial charge in [0.05, 0.1) is 5.69 Å². The zero-order chi connectivity index (χ0) is 15.1. The Morgan fingerprint density at radius 3 is 2.62 bits per heavy atom. The smallest absolute Gasteiger partial charge is 0.185 e. The summed E-state index contributed by atoms with van der Waals surface area (Å²) in [5.74, 6) is 0. The molecule has 1 atom stereocenters. The van der Waals surface area contributed by atoms with Crippen molar-refractivity contribution in [3.8, 4) is 0 Å². The van der Waals surface area contributed by atoms with Crippen molar-refractivity contribution < 1.29 is 0 Å². The van der Waals surface area contributed by atoms with Gasteiger partial charge in [0.1, 0.15) is 0 Å². The van der Waals surface area contributed by atoms with Gasteiger partial charge in [0.25, 0.3) is 0 Å². The third kappa shape index (κ3) is 4.29. The van der Waals surface area contributed by atoms with Crippen LogP contribution in [0.25, 0.3) is 0 Å². The first-order valence-corrected chi connectivity index (χ1v) is 8.58. The number of anilines is 1. The van der Waals surface area contributed by atoms with Gasteiger partial charge in [-0.2, -0.15) is 0 Å². The van der Waals surface area contributed by atoms with Gasteiger partial charge in [0.15, 0.2) is 5.13 Å². The number of rotatable bonds is 8. The molecular weight excluding hydrogens is 278 g/mol. The number of aromatic nitrogens is 1. The molecular formula is C17H25N3S. The molecule has 3 nitrogen and oxygen atoms in total. The Hall–Kier alpha value is -1.39. The first-order chi connectivity index (χ1) is 10.3. The van der Waals surface area contributed by atoms with Crippen LogP contribution in [0.15, 0.2) is 35.7 Å². The van der Waals surface area contributed by atoms with Crippen molar-refractivity contribution in [2.24, 2.45) is 0 Å². The lowest BCUT2D eigenvalue weighted by atomic mass is 10.0. The van der Waals surface area contributed by atoms with E-state index in [9.17, 15) is 0 Å². The third-order valence-electron chi connectivity index (χ3n) is 3.65. The van der Waals surface area contributed by atoms with Crippen LogP contribution in [0.1, 0.15) is 37.6 Å². The van der Waals surface area contributed by atoms with E-state index < -0.39 is 0 Å². The number of benzene rings is 1. The van der Waals surface area contributed by atoms with Gasteiger partial charge in [-0.25, -0.2) is 4.98 Å². The van der Waals surface area contributed by atoms with Crippen molar-refractivity contribution in [1.29, 1.82) is 0 Å². The largest absolute Gasteiger partial charge is 0.348 e. The molecule has 2 aromatic rings. The lowest BCUT2D eigenvalue weighted by Crippen LogP contribution is -2.23. The molecule has 0 spiro atoms. The van der Waals surface area contributed by atoms with Crippen molar-refractivity contribution in [1.82, 2.24) is 10.3 Å². The number of hydrogen-bond donors (Lipinski definition) is 1. The second kappa shape index (κ2) is 8.15. The van der Waals surface area contributed by atoms with Gasteiger partial charge in [-0.1, -0.05) is 37.3 Å². The molecule has 1 aromatic carbocycles. The fourth-order valence-electron chi connectivity index (χ4n) is 2.48. The van der Waals surface area contributed by atoms with Gasteiger partial charge < -0.3 is 10.2 Å². The van der Waals surface area contributed by atoms with E-state index in [0.29, 0.717) is 6.04 Å². The molecule has 2 rings (SSSR count). The third-order valence-corrected chi connectivity index (χ3v) is 4.60. The van der Waals surface area contributed by atoms with Gasteiger partial charge in [0, 0.05) is 30.9 Å². The minimum absolute atomic E-state index is 0.322. The molecule has 1 aromatic heterocycles. The molecule has 1 unspecified atom stereocenters. The van der Waals surface area contributed by atoms with Gasteiger partial charge in [-0.05, 0) is 26.0 Å². The topological polar surface area (TPSA) is 28.2 Å². The number of likely N-dealkylation sites (N-methyl/N-ethyl adjacent to an activating group) is 1. The van der Waals surface area contributed by atoms with Crippen LogP contribution in [-0.2, 0) is 6.42 Å². The Labute approximate surface area is 132 Å². The summed E-state index contributed by atoms with van der Waals surface area (Å²) in [6.45, 7) is 6.51. The van der Waals surface area contributed by atoms with Gasteiger partial charge in [0.2, 0.25) is 0 Å². The summed E-state index contributed by atoms with van der Waals surface area (Å²) in [5.41, 5.74) is 2.49. The van der Waals surface area contributed by atoms with Crippen LogP contribution in [0.4, 0.5) is 5.13 Å². The first-order valence-electron chi connectivity index (χ1n) is 7.70. The van der Waals surface area contributed by atoms with Gasteiger partial charge >= 0.3 is 0 Å². The minimum Gasteiger partial charge on any atom is -0.348 e. The first kappa shape index (κ1) is 16.0. The van der Waals surface area contributed by atoms with Crippen LogP contribution < -0.4 is 10.2 Å². The predicted molar refractivity (Wildman–Crippen MR) is 92.2 cm³/mol. The number of nitrogens with one attached hydrogen (secondary N) is 1. The van der Waals surface area contributed by atoms with Crippen LogP contribution in [0, 0.1) is 0 Å². The summed E-state index contributed by atoms with van der Waals surface area (Å²) in [5, 5.41) is 6.74. The van der Waals surface area contributed by atoms with Crippen molar-refractivity contribution in [3.05, 3.63) is 47.0 Å². The average molecular weight is 303 g/mol. The molecule has 114 valence electrons. The predicted octanol–water partition coefficient (Wildman–Crippen LogP) is 3.88. The molecule has 1 heterocycles. The van der Waals surface area contributed by atoms with Crippen LogP contribution in [0.3, 0.4) is 0 Å². The maximum absolute atomic E-state index is 4.82. The van der Waals surface area contributed by atoms with Gasteiger partial charge in [-0.3, -0.25) is 0 Å². The van der Waals surface area contributed by atoms with Crippen molar-refractivity contribution >= 4 is 16.5 Å². The summed E-state index contributed by atoms with van der Waals surface area (Å²) in [4.78, 5) is 7.17. The lowest BCUT2D eigenvalue weighted by Gasteiger charge is -2.18. The molecule has 0 bridgehead atoms. The number of nitrogens with zero attached hydrogens (tertiary/aromatic N) is 2.